The number of nitrogens with zero attached hydrogens (tertiary/aromatic N) is 5. The van der Waals surface area contributed by atoms with Crippen LogP contribution in [0.4, 0.5) is 0 Å². The summed E-state index contributed by atoms with van der Waals surface area (Å²) in [6, 6.07) is 0.405. The predicted molar refractivity (Wildman–Crippen MR) is 64.8 cm³/mol. The lowest BCUT2D eigenvalue weighted by molar-refractivity contribution is 0.275. The summed E-state index contributed by atoms with van der Waals surface area (Å²) in [6.07, 6.45) is 6.23. The third kappa shape index (κ3) is 1.88. The summed E-state index contributed by atoms with van der Waals surface area (Å²) in [5.41, 5.74) is 1.36. The summed E-state index contributed by atoms with van der Waals surface area (Å²) < 4.78 is 1.91. The van der Waals surface area contributed by atoms with Crippen LogP contribution in [-0.4, -0.2) is 25.0 Å². The van der Waals surface area contributed by atoms with E-state index in [9.17, 15) is 0 Å². The Hall–Kier alpha value is -1.23. The summed E-state index contributed by atoms with van der Waals surface area (Å²) >= 11 is 5.97. The van der Waals surface area contributed by atoms with Gasteiger partial charge in [-0.1, -0.05) is 23.7 Å². The van der Waals surface area contributed by atoms with Gasteiger partial charge in [0.2, 0.25) is 0 Å². The smallest absolute Gasteiger partial charge is 0.183 e. The molecule has 2 aromatic heterocycles. The molecule has 1 aliphatic carbocycles. The van der Waals surface area contributed by atoms with Crippen LogP contribution in [0.2, 0.25) is 5.15 Å². The Morgan fingerprint density at radius 3 is 2.76 bits per heavy atom. The zero-order valence-electron chi connectivity index (χ0n) is 9.67. The van der Waals surface area contributed by atoms with Crippen molar-refractivity contribution in [1.29, 1.82) is 0 Å². The van der Waals surface area contributed by atoms with Crippen LogP contribution >= 0.6 is 11.6 Å². The second-order valence-corrected chi connectivity index (χ2v) is 5.14. The first-order valence-corrected chi connectivity index (χ1v) is 6.35. The van der Waals surface area contributed by atoms with Crippen molar-refractivity contribution in [1.82, 2.24) is 25.0 Å². The van der Waals surface area contributed by atoms with Gasteiger partial charge in [-0.05, 0) is 31.6 Å². The van der Waals surface area contributed by atoms with Crippen LogP contribution in [0.5, 0.6) is 0 Å². The fourth-order valence-corrected chi connectivity index (χ4v) is 2.64. The standard InChI is InChI=1S/C11H14ClN5/c1-7-2-4-8(5-3-7)17-11-9(15-16-17)10(12)13-6-14-11/h6-8H,2-5H2,1H3. The topological polar surface area (TPSA) is 56.5 Å². The minimum absolute atomic E-state index is 0.380. The van der Waals surface area contributed by atoms with Crippen molar-refractivity contribution in [2.45, 2.75) is 38.6 Å². The first kappa shape index (κ1) is 10.9. The molecule has 0 N–H and O–H groups in total. The summed E-state index contributed by atoms with van der Waals surface area (Å²) in [6.45, 7) is 2.30. The monoisotopic (exact) mass is 251 g/mol. The van der Waals surface area contributed by atoms with Gasteiger partial charge in [0.25, 0.3) is 0 Å². The van der Waals surface area contributed by atoms with Crippen molar-refractivity contribution < 1.29 is 0 Å². The Morgan fingerprint density at radius 2 is 2.00 bits per heavy atom. The van der Waals surface area contributed by atoms with Gasteiger partial charge in [-0.15, -0.1) is 5.10 Å². The van der Waals surface area contributed by atoms with Gasteiger partial charge in [0, 0.05) is 0 Å². The Labute approximate surface area is 104 Å². The molecule has 6 heteroatoms. The molecule has 90 valence electrons. The van der Waals surface area contributed by atoms with E-state index in [-0.39, 0.29) is 0 Å². The average Bonchev–Trinajstić information content (AvgIpc) is 2.75. The fraction of sp³-hybridized carbons (Fsp3) is 0.636. The second-order valence-electron chi connectivity index (χ2n) is 4.78. The molecule has 2 aromatic rings. The van der Waals surface area contributed by atoms with Crippen molar-refractivity contribution in [2.24, 2.45) is 5.92 Å². The van der Waals surface area contributed by atoms with E-state index in [0.29, 0.717) is 16.7 Å². The van der Waals surface area contributed by atoms with Crippen LogP contribution in [0, 0.1) is 5.92 Å². The molecule has 0 aliphatic heterocycles. The average molecular weight is 252 g/mol. The molecule has 2 heterocycles. The molecule has 0 spiro atoms. The van der Waals surface area contributed by atoms with Crippen LogP contribution in [0.25, 0.3) is 11.2 Å². The van der Waals surface area contributed by atoms with Crippen LogP contribution in [0.1, 0.15) is 38.6 Å². The maximum atomic E-state index is 5.97. The molecule has 0 saturated heterocycles. The molecular formula is C11H14ClN5. The number of aromatic nitrogens is 5. The minimum atomic E-state index is 0.380. The van der Waals surface area contributed by atoms with Crippen LogP contribution in [0.15, 0.2) is 6.33 Å². The molecule has 3 rings (SSSR count). The quantitative estimate of drug-likeness (QED) is 0.731. The highest BCUT2D eigenvalue weighted by atomic mass is 35.5. The van der Waals surface area contributed by atoms with Gasteiger partial charge in [-0.3, -0.25) is 0 Å². The molecule has 1 saturated carbocycles. The lowest BCUT2D eigenvalue weighted by Crippen LogP contribution is -2.18. The molecule has 1 fully saturated rings. The highest BCUT2D eigenvalue weighted by molar-refractivity contribution is 6.33. The molecule has 0 aromatic carbocycles. The summed E-state index contributed by atoms with van der Waals surface area (Å²) in [5.74, 6) is 0.819. The molecule has 0 amide bonds. The van der Waals surface area contributed by atoms with E-state index in [2.05, 4.69) is 27.2 Å². The van der Waals surface area contributed by atoms with Gasteiger partial charge in [-0.2, -0.15) is 0 Å². The van der Waals surface area contributed by atoms with Crippen molar-refractivity contribution in [3.63, 3.8) is 0 Å². The van der Waals surface area contributed by atoms with E-state index in [0.717, 1.165) is 24.4 Å². The summed E-state index contributed by atoms with van der Waals surface area (Å²) in [4.78, 5) is 8.15. The highest BCUT2D eigenvalue weighted by Crippen LogP contribution is 2.32. The van der Waals surface area contributed by atoms with Crippen molar-refractivity contribution in [2.75, 3.05) is 0 Å². The molecule has 0 radical (unpaired) electrons. The number of halogens is 1. The molecule has 0 unspecified atom stereocenters. The van der Waals surface area contributed by atoms with Gasteiger partial charge >= 0.3 is 0 Å². The van der Waals surface area contributed by atoms with E-state index in [1.807, 2.05) is 4.68 Å². The van der Waals surface area contributed by atoms with E-state index >= 15 is 0 Å². The Balaban J connectivity index is 1.98. The van der Waals surface area contributed by atoms with E-state index in [1.54, 1.807) is 0 Å². The fourth-order valence-electron chi connectivity index (χ4n) is 2.47. The van der Waals surface area contributed by atoms with Crippen molar-refractivity contribution >= 4 is 22.8 Å². The molecular weight excluding hydrogens is 238 g/mol. The van der Waals surface area contributed by atoms with Gasteiger partial charge < -0.3 is 0 Å². The molecule has 5 nitrogen and oxygen atoms in total. The number of fused-ring (bicyclic) bond motifs is 1. The van der Waals surface area contributed by atoms with E-state index < -0.39 is 0 Å². The first-order chi connectivity index (χ1) is 8.25. The summed E-state index contributed by atoms with van der Waals surface area (Å²) in [7, 11) is 0. The third-order valence-corrected chi connectivity index (χ3v) is 3.82. The molecule has 0 atom stereocenters. The minimum Gasteiger partial charge on any atom is -0.224 e. The maximum absolute atomic E-state index is 5.97. The van der Waals surface area contributed by atoms with Crippen LogP contribution in [0.3, 0.4) is 0 Å². The van der Waals surface area contributed by atoms with Gasteiger partial charge in [0.1, 0.15) is 6.33 Å². The Morgan fingerprint density at radius 1 is 1.24 bits per heavy atom. The van der Waals surface area contributed by atoms with Gasteiger partial charge in [0.15, 0.2) is 16.3 Å². The number of hydrogen-bond donors (Lipinski definition) is 0. The first-order valence-electron chi connectivity index (χ1n) is 5.97. The Kier molecular flexibility index (Phi) is 2.70. The maximum Gasteiger partial charge on any atom is 0.183 e. The van der Waals surface area contributed by atoms with Crippen LogP contribution in [-0.2, 0) is 0 Å². The molecule has 0 bridgehead atoms. The number of rotatable bonds is 1. The Bertz CT molecular complexity index is 530. The van der Waals surface area contributed by atoms with Gasteiger partial charge in [-0.25, -0.2) is 14.6 Å². The van der Waals surface area contributed by atoms with Crippen molar-refractivity contribution in [3.05, 3.63) is 11.5 Å². The summed E-state index contributed by atoms with van der Waals surface area (Å²) in [5, 5.41) is 8.63. The van der Waals surface area contributed by atoms with E-state index in [4.69, 9.17) is 11.6 Å². The van der Waals surface area contributed by atoms with Crippen LogP contribution < -0.4 is 0 Å². The third-order valence-electron chi connectivity index (χ3n) is 3.55. The normalized spacial score (nSPS) is 25.3. The largest absolute Gasteiger partial charge is 0.224 e. The second kappa shape index (κ2) is 4.22. The van der Waals surface area contributed by atoms with Crippen molar-refractivity contribution in [3.8, 4) is 0 Å². The number of hydrogen-bond acceptors (Lipinski definition) is 4. The van der Waals surface area contributed by atoms with Gasteiger partial charge in [0.05, 0.1) is 6.04 Å². The molecule has 1 aliphatic rings. The SMILES string of the molecule is CC1CCC(n2nnc3c(Cl)ncnc32)CC1. The lowest BCUT2D eigenvalue weighted by atomic mass is 9.87. The zero-order valence-corrected chi connectivity index (χ0v) is 10.4. The molecule has 17 heavy (non-hydrogen) atoms. The lowest BCUT2D eigenvalue weighted by Gasteiger charge is -2.25. The predicted octanol–water partition coefficient (Wildman–Crippen LogP) is 2.63. The highest BCUT2D eigenvalue weighted by Gasteiger charge is 2.23. The zero-order chi connectivity index (χ0) is 11.8. The van der Waals surface area contributed by atoms with E-state index in [1.165, 1.54) is 19.2 Å².